The first-order chi connectivity index (χ1) is 7.63. The summed E-state index contributed by atoms with van der Waals surface area (Å²) in [6, 6.07) is 6.77. The maximum absolute atomic E-state index is 3.18. The largest absolute Gasteiger partial charge is 0.316 e. The summed E-state index contributed by atoms with van der Waals surface area (Å²) in [4.78, 5) is 1.43. The second-order valence-electron chi connectivity index (χ2n) is 4.66. The molecule has 0 aliphatic carbocycles. The number of thioether (sulfide) groups is 1. The molecule has 0 saturated carbocycles. The fourth-order valence-electron chi connectivity index (χ4n) is 1.59. The van der Waals surface area contributed by atoms with Gasteiger partial charge in [-0.15, -0.1) is 11.8 Å². The Balaban J connectivity index is 2.54. The van der Waals surface area contributed by atoms with Crippen LogP contribution in [0, 0.1) is 12.8 Å². The standard InChI is InChI=1S/C14H23NS/c1-11(2)7-8-16-14-6-5-13(10-15-4)9-12(14)3/h5-6,9,11,15H,7-8,10H2,1-4H3. The molecule has 1 aromatic carbocycles. The molecule has 16 heavy (non-hydrogen) atoms. The van der Waals surface area contributed by atoms with E-state index in [2.05, 4.69) is 44.3 Å². The molecular weight excluding hydrogens is 214 g/mol. The molecule has 0 aromatic heterocycles. The van der Waals surface area contributed by atoms with Crippen molar-refractivity contribution in [3.8, 4) is 0 Å². The van der Waals surface area contributed by atoms with Crippen molar-refractivity contribution in [2.24, 2.45) is 5.92 Å². The highest BCUT2D eigenvalue weighted by Gasteiger charge is 2.01. The lowest BCUT2D eigenvalue weighted by Gasteiger charge is -2.09. The molecule has 0 aliphatic heterocycles. The Hall–Kier alpha value is -0.470. The highest BCUT2D eigenvalue weighted by atomic mass is 32.2. The first kappa shape index (κ1) is 13.6. The smallest absolute Gasteiger partial charge is 0.0202 e. The Morgan fingerprint density at radius 2 is 2.06 bits per heavy atom. The SMILES string of the molecule is CNCc1ccc(SCCC(C)C)c(C)c1. The first-order valence-electron chi connectivity index (χ1n) is 6.00. The summed E-state index contributed by atoms with van der Waals surface area (Å²) in [5.41, 5.74) is 2.77. The molecule has 0 bridgehead atoms. The van der Waals surface area contributed by atoms with Crippen LogP contribution >= 0.6 is 11.8 Å². The van der Waals surface area contributed by atoms with Gasteiger partial charge in [0.05, 0.1) is 0 Å². The second kappa shape index (κ2) is 6.97. The lowest BCUT2D eigenvalue weighted by Crippen LogP contribution is -2.05. The minimum absolute atomic E-state index is 0.802. The van der Waals surface area contributed by atoms with Crippen molar-refractivity contribution in [1.82, 2.24) is 5.32 Å². The molecule has 90 valence electrons. The summed E-state index contributed by atoms with van der Waals surface area (Å²) in [5, 5.41) is 3.18. The third kappa shape index (κ3) is 4.58. The Labute approximate surface area is 104 Å². The third-order valence-electron chi connectivity index (χ3n) is 2.57. The van der Waals surface area contributed by atoms with Crippen LogP contribution in [0.15, 0.2) is 23.1 Å². The molecule has 0 saturated heterocycles. The highest BCUT2D eigenvalue weighted by Crippen LogP contribution is 2.24. The van der Waals surface area contributed by atoms with E-state index in [9.17, 15) is 0 Å². The van der Waals surface area contributed by atoms with E-state index in [1.54, 1.807) is 0 Å². The number of rotatable bonds is 6. The average molecular weight is 237 g/mol. The molecule has 0 radical (unpaired) electrons. The summed E-state index contributed by atoms with van der Waals surface area (Å²) < 4.78 is 0. The van der Waals surface area contributed by atoms with Gasteiger partial charge >= 0.3 is 0 Å². The van der Waals surface area contributed by atoms with Crippen LogP contribution in [0.5, 0.6) is 0 Å². The molecule has 2 heteroatoms. The molecule has 1 N–H and O–H groups in total. The van der Waals surface area contributed by atoms with E-state index in [4.69, 9.17) is 0 Å². The van der Waals surface area contributed by atoms with E-state index in [0.717, 1.165) is 12.5 Å². The maximum atomic E-state index is 3.18. The minimum atomic E-state index is 0.802. The van der Waals surface area contributed by atoms with E-state index < -0.39 is 0 Å². The predicted octanol–water partition coefficient (Wildman–Crippen LogP) is 3.85. The summed E-state index contributed by atoms with van der Waals surface area (Å²) in [6.07, 6.45) is 1.29. The fraction of sp³-hybridized carbons (Fsp3) is 0.571. The quantitative estimate of drug-likeness (QED) is 0.754. The average Bonchev–Trinajstić information content (AvgIpc) is 2.21. The van der Waals surface area contributed by atoms with Crippen molar-refractivity contribution in [3.05, 3.63) is 29.3 Å². The van der Waals surface area contributed by atoms with E-state index >= 15 is 0 Å². The summed E-state index contributed by atoms with van der Waals surface area (Å²) >= 11 is 1.98. The third-order valence-corrected chi connectivity index (χ3v) is 3.78. The zero-order valence-corrected chi connectivity index (χ0v) is 11.7. The minimum Gasteiger partial charge on any atom is -0.316 e. The number of hydrogen-bond acceptors (Lipinski definition) is 2. The van der Waals surface area contributed by atoms with Gasteiger partial charge in [-0.25, -0.2) is 0 Å². The van der Waals surface area contributed by atoms with Crippen molar-refractivity contribution in [2.45, 2.75) is 38.6 Å². The van der Waals surface area contributed by atoms with Gasteiger partial charge in [0.25, 0.3) is 0 Å². The summed E-state index contributed by atoms with van der Waals surface area (Å²) in [6.45, 7) is 7.72. The van der Waals surface area contributed by atoms with Gasteiger partial charge in [-0.2, -0.15) is 0 Å². The van der Waals surface area contributed by atoms with Crippen molar-refractivity contribution in [1.29, 1.82) is 0 Å². The molecule has 0 heterocycles. The zero-order valence-electron chi connectivity index (χ0n) is 10.8. The number of nitrogens with one attached hydrogen (secondary N) is 1. The number of hydrogen-bond donors (Lipinski definition) is 1. The predicted molar refractivity (Wildman–Crippen MR) is 74.1 cm³/mol. The van der Waals surface area contributed by atoms with Crippen LogP contribution in [-0.4, -0.2) is 12.8 Å². The van der Waals surface area contributed by atoms with Crippen LogP contribution in [0.3, 0.4) is 0 Å². The second-order valence-corrected chi connectivity index (χ2v) is 5.80. The zero-order chi connectivity index (χ0) is 12.0. The van der Waals surface area contributed by atoms with Gasteiger partial charge in [-0.1, -0.05) is 26.0 Å². The number of benzene rings is 1. The first-order valence-corrected chi connectivity index (χ1v) is 6.99. The van der Waals surface area contributed by atoms with Crippen LogP contribution in [0.1, 0.15) is 31.4 Å². The molecule has 1 aromatic rings. The Kier molecular flexibility index (Phi) is 5.93. The van der Waals surface area contributed by atoms with Gasteiger partial charge in [0, 0.05) is 11.4 Å². The van der Waals surface area contributed by atoms with Crippen LogP contribution in [0.4, 0.5) is 0 Å². The lowest BCUT2D eigenvalue weighted by atomic mass is 10.1. The molecule has 1 rings (SSSR count). The van der Waals surface area contributed by atoms with Crippen LogP contribution in [-0.2, 0) is 6.54 Å². The Morgan fingerprint density at radius 1 is 1.31 bits per heavy atom. The topological polar surface area (TPSA) is 12.0 Å². The van der Waals surface area contributed by atoms with E-state index in [1.807, 2.05) is 18.8 Å². The summed E-state index contributed by atoms with van der Waals surface area (Å²) in [7, 11) is 1.99. The highest BCUT2D eigenvalue weighted by molar-refractivity contribution is 7.99. The van der Waals surface area contributed by atoms with Gasteiger partial charge in [-0.05, 0) is 49.3 Å². The number of aryl methyl sites for hydroxylation is 1. The Morgan fingerprint density at radius 3 is 2.62 bits per heavy atom. The molecule has 0 fully saturated rings. The van der Waals surface area contributed by atoms with E-state index in [-0.39, 0.29) is 0 Å². The molecule has 0 unspecified atom stereocenters. The van der Waals surface area contributed by atoms with Gasteiger partial charge < -0.3 is 5.32 Å². The molecule has 0 spiro atoms. The molecule has 0 atom stereocenters. The van der Waals surface area contributed by atoms with Crippen molar-refractivity contribution >= 4 is 11.8 Å². The van der Waals surface area contributed by atoms with E-state index in [0.29, 0.717) is 0 Å². The van der Waals surface area contributed by atoms with Crippen LogP contribution < -0.4 is 5.32 Å². The maximum Gasteiger partial charge on any atom is 0.0202 e. The van der Waals surface area contributed by atoms with Gasteiger partial charge in [0.2, 0.25) is 0 Å². The fourth-order valence-corrected chi connectivity index (χ4v) is 2.85. The van der Waals surface area contributed by atoms with Crippen molar-refractivity contribution < 1.29 is 0 Å². The van der Waals surface area contributed by atoms with Gasteiger partial charge in [0.1, 0.15) is 0 Å². The van der Waals surface area contributed by atoms with Gasteiger partial charge in [0.15, 0.2) is 0 Å². The summed E-state index contributed by atoms with van der Waals surface area (Å²) in [5.74, 6) is 2.03. The van der Waals surface area contributed by atoms with Crippen molar-refractivity contribution in [2.75, 3.05) is 12.8 Å². The molecule has 1 nitrogen and oxygen atoms in total. The molecule has 0 amide bonds. The normalized spacial score (nSPS) is 11.1. The van der Waals surface area contributed by atoms with Crippen LogP contribution in [0.25, 0.3) is 0 Å². The van der Waals surface area contributed by atoms with E-state index in [1.165, 1.54) is 28.2 Å². The lowest BCUT2D eigenvalue weighted by molar-refractivity contribution is 0.632. The Bertz CT molecular complexity index is 321. The van der Waals surface area contributed by atoms with Crippen molar-refractivity contribution in [3.63, 3.8) is 0 Å². The van der Waals surface area contributed by atoms with Crippen LogP contribution in [0.2, 0.25) is 0 Å². The monoisotopic (exact) mass is 237 g/mol. The van der Waals surface area contributed by atoms with Gasteiger partial charge in [-0.3, -0.25) is 0 Å². The molecule has 0 aliphatic rings. The molecular formula is C14H23NS.